The summed E-state index contributed by atoms with van der Waals surface area (Å²) in [7, 11) is 0. The maximum absolute atomic E-state index is 6.23. The van der Waals surface area contributed by atoms with Crippen molar-refractivity contribution in [2.75, 3.05) is 11.4 Å². The number of fused-ring (bicyclic) bond motifs is 2. The minimum Gasteiger partial charge on any atom is -0.432 e. The zero-order valence-electron chi connectivity index (χ0n) is 20.2. The van der Waals surface area contributed by atoms with E-state index in [1.165, 1.54) is 50.5 Å². The van der Waals surface area contributed by atoms with E-state index in [1.807, 2.05) is 18.2 Å². The molecule has 0 aliphatic carbocycles. The molecule has 4 rings (SSSR count). The molecule has 0 N–H and O–H groups in total. The van der Waals surface area contributed by atoms with Crippen LogP contribution in [0.1, 0.15) is 71.1 Å². The van der Waals surface area contributed by atoms with Gasteiger partial charge < -0.3 is 14.1 Å². The van der Waals surface area contributed by atoms with Crippen molar-refractivity contribution in [2.24, 2.45) is 0 Å². The van der Waals surface area contributed by atoms with Gasteiger partial charge in [-0.1, -0.05) is 75.9 Å². The number of allylic oxidation sites excluding steroid dienone is 1. The first-order chi connectivity index (χ1) is 16.3. The van der Waals surface area contributed by atoms with Crippen LogP contribution >= 0.6 is 0 Å². The summed E-state index contributed by atoms with van der Waals surface area (Å²) < 4.78 is 14.7. The van der Waals surface area contributed by atoms with Crippen LogP contribution in [0.2, 0.25) is 0 Å². The fraction of sp³-hybridized carbons (Fsp3) is 0.448. The van der Waals surface area contributed by atoms with Crippen molar-refractivity contribution < 1.29 is 13.7 Å². The number of hydrogen-bond donors (Lipinski definition) is 0. The molecule has 0 fully saturated rings. The highest BCUT2D eigenvalue weighted by atomic mass is 16.5. The van der Waals surface area contributed by atoms with Crippen molar-refractivity contribution in [1.29, 1.82) is 0 Å². The summed E-state index contributed by atoms with van der Waals surface area (Å²) in [6, 6.07) is 16.6. The largest absolute Gasteiger partial charge is 0.432 e. The molecule has 1 aliphatic rings. The van der Waals surface area contributed by atoms with E-state index < -0.39 is 0 Å². The normalized spacial score (nSPS) is 12.7. The van der Waals surface area contributed by atoms with Crippen LogP contribution in [0.25, 0.3) is 11.1 Å². The first kappa shape index (κ1) is 23.2. The SMILES string of the molecule is CCCCCCN1C(=C=CCc2oc3ccccc3[n+]2CCCCCC)Oc2ccccc21. The number of anilines is 1. The van der Waals surface area contributed by atoms with Crippen molar-refractivity contribution in [3.8, 4) is 5.75 Å². The Balaban J connectivity index is 1.53. The Morgan fingerprint density at radius 3 is 2.48 bits per heavy atom. The second-order valence-electron chi connectivity index (χ2n) is 8.82. The van der Waals surface area contributed by atoms with Crippen LogP contribution in [0, 0.1) is 0 Å². The van der Waals surface area contributed by atoms with Gasteiger partial charge in [0, 0.05) is 19.0 Å². The molecule has 0 unspecified atom stereocenters. The van der Waals surface area contributed by atoms with E-state index in [4.69, 9.17) is 9.15 Å². The third-order valence-electron chi connectivity index (χ3n) is 6.27. The number of nitrogens with zero attached hydrogens (tertiary/aromatic N) is 2. The van der Waals surface area contributed by atoms with Crippen LogP contribution < -0.4 is 14.2 Å². The first-order valence-corrected chi connectivity index (χ1v) is 12.7. The summed E-state index contributed by atoms with van der Waals surface area (Å²) in [5.74, 6) is 2.68. The number of oxazole rings is 1. The minimum absolute atomic E-state index is 0.690. The van der Waals surface area contributed by atoms with E-state index in [1.54, 1.807) is 0 Å². The van der Waals surface area contributed by atoms with Gasteiger partial charge in [0.05, 0.1) is 12.1 Å². The highest BCUT2D eigenvalue weighted by Gasteiger charge is 2.25. The van der Waals surface area contributed by atoms with Crippen LogP contribution in [0.4, 0.5) is 5.69 Å². The molecule has 3 aromatic rings. The highest BCUT2D eigenvalue weighted by Crippen LogP contribution is 2.38. The average Bonchev–Trinajstić information content (AvgIpc) is 3.37. The maximum Gasteiger partial charge on any atom is 0.352 e. The summed E-state index contributed by atoms with van der Waals surface area (Å²) in [6.07, 6.45) is 12.6. The Labute approximate surface area is 198 Å². The van der Waals surface area contributed by atoms with Crippen molar-refractivity contribution in [2.45, 2.75) is 78.2 Å². The molecule has 2 heterocycles. The topological polar surface area (TPSA) is 29.5 Å². The van der Waals surface area contributed by atoms with Gasteiger partial charge >= 0.3 is 5.89 Å². The predicted octanol–water partition coefficient (Wildman–Crippen LogP) is 7.32. The fourth-order valence-electron chi connectivity index (χ4n) is 4.46. The number of benzene rings is 2. The van der Waals surface area contributed by atoms with Gasteiger partial charge in [-0.2, -0.15) is 4.57 Å². The van der Waals surface area contributed by atoms with Crippen LogP contribution in [0.3, 0.4) is 0 Å². The van der Waals surface area contributed by atoms with Gasteiger partial charge in [-0.05, 0) is 37.1 Å². The van der Waals surface area contributed by atoms with Crippen molar-refractivity contribution in [3.63, 3.8) is 0 Å². The standard InChI is InChI=1S/C29H37N2O2/c1-3-5-7-13-22-30-24-16-9-11-18-26(24)32-28(30)20-15-21-29-31(23-14-8-6-4-2)25-17-10-12-19-27(25)33-29/h9-12,15-19H,3-8,13-14,20,22-23H2,1-2H3/q+1. The van der Waals surface area contributed by atoms with Crippen molar-refractivity contribution >= 4 is 16.8 Å². The van der Waals surface area contributed by atoms with Gasteiger partial charge in [0.1, 0.15) is 0 Å². The summed E-state index contributed by atoms with van der Waals surface area (Å²) in [4.78, 5) is 2.26. The average molecular weight is 446 g/mol. The predicted molar refractivity (Wildman–Crippen MR) is 134 cm³/mol. The van der Waals surface area contributed by atoms with E-state index in [9.17, 15) is 0 Å². The quantitative estimate of drug-likeness (QED) is 0.166. The summed E-state index contributed by atoms with van der Waals surface area (Å²) in [6.45, 7) is 6.44. The smallest absolute Gasteiger partial charge is 0.352 e. The third-order valence-corrected chi connectivity index (χ3v) is 6.27. The summed E-state index contributed by atoms with van der Waals surface area (Å²) in [5, 5.41) is 0. The molecule has 0 saturated carbocycles. The molecule has 0 saturated heterocycles. The number of unbranched alkanes of at least 4 members (excludes halogenated alkanes) is 6. The molecular formula is C29H37N2O2+. The Bertz CT molecular complexity index is 1110. The maximum atomic E-state index is 6.23. The molecule has 2 aromatic carbocycles. The van der Waals surface area contributed by atoms with E-state index in [0.29, 0.717) is 6.42 Å². The van der Waals surface area contributed by atoms with Gasteiger partial charge in [0.25, 0.3) is 5.52 Å². The zero-order chi connectivity index (χ0) is 22.9. The van der Waals surface area contributed by atoms with Gasteiger partial charge in [0.15, 0.2) is 12.3 Å². The number of para-hydroxylation sites is 4. The number of hydrogen-bond acceptors (Lipinski definition) is 3. The van der Waals surface area contributed by atoms with Crippen LogP contribution in [-0.2, 0) is 13.0 Å². The minimum atomic E-state index is 0.690. The fourth-order valence-corrected chi connectivity index (χ4v) is 4.46. The van der Waals surface area contributed by atoms with Crippen molar-refractivity contribution in [3.05, 3.63) is 72.1 Å². The Morgan fingerprint density at radius 2 is 1.64 bits per heavy atom. The molecule has 0 spiro atoms. The third kappa shape index (κ3) is 5.69. The molecule has 33 heavy (non-hydrogen) atoms. The van der Waals surface area contributed by atoms with Crippen LogP contribution in [-0.4, -0.2) is 6.54 Å². The first-order valence-electron chi connectivity index (χ1n) is 12.7. The molecule has 0 bridgehead atoms. The number of aryl methyl sites for hydroxylation is 1. The summed E-state index contributed by atoms with van der Waals surface area (Å²) in [5.41, 5.74) is 6.70. The number of aromatic nitrogens is 1. The summed E-state index contributed by atoms with van der Waals surface area (Å²) >= 11 is 0. The second-order valence-corrected chi connectivity index (χ2v) is 8.82. The second kappa shape index (κ2) is 11.8. The monoisotopic (exact) mass is 445 g/mol. The molecule has 174 valence electrons. The molecular weight excluding hydrogens is 408 g/mol. The lowest BCUT2D eigenvalue weighted by Gasteiger charge is -2.16. The van der Waals surface area contributed by atoms with Gasteiger partial charge in [-0.25, -0.2) is 0 Å². The lowest BCUT2D eigenvalue weighted by atomic mass is 10.2. The number of ether oxygens (including phenoxy) is 1. The van der Waals surface area contributed by atoms with Crippen LogP contribution in [0.15, 0.2) is 70.6 Å². The number of rotatable bonds is 12. The van der Waals surface area contributed by atoms with Crippen LogP contribution in [0.5, 0.6) is 5.75 Å². The molecule has 1 aromatic heterocycles. The lowest BCUT2D eigenvalue weighted by molar-refractivity contribution is -0.684. The molecule has 4 heteroatoms. The van der Waals surface area contributed by atoms with E-state index in [2.05, 4.69) is 65.5 Å². The Morgan fingerprint density at radius 1 is 0.879 bits per heavy atom. The highest BCUT2D eigenvalue weighted by molar-refractivity contribution is 5.68. The molecule has 1 aliphatic heterocycles. The van der Waals surface area contributed by atoms with Gasteiger partial charge in [-0.15, -0.1) is 0 Å². The van der Waals surface area contributed by atoms with E-state index in [-0.39, 0.29) is 0 Å². The molecule has 0 radical (unpaired) electrons. The lowest BCUT2D eigenvalue weighted by Crippen LogP contribution is -2.36. The molecule has 0 atom stereocenters. The van der Waals surface area contributed by atoms with Crippen molar-refractivity contribution in [1.82, 2.24) is 0 Å². The van der Waals surface area contributed by atoms with Gasteiger partial charge in [0.2, 0.25) is 11.5 Å². The zero-order valence-corrected chi connectivity index (χ0v) is 20.2. The molecule has 0 amide bonds. The molecule has 4 nitrogen and oxygen atoms in total. The Kier molecular flexibility index (Phi) is 8.27. The van der Waals surface area contributed by atoms with Gasteiger partial charge in [-0.3, -0.25) is 0 Å². The van der Waals surface area contributed by atoms with E-state index >= 15 is 0 Å². The Hall–Kier alpha value is -2.97. The van der Waals surface area contributed by atoms with E-state index in [0.717, 1.165) is 48.3 Å².